The van der Waals surface area contributed by atoms with Crippen LogP contribution in [0.4, 0.5) is 8.78 Å². The number of aryl methyl sites for hydroxylation is 2. The van der Waals surface area contributed by atoms with Crippen molar-refractivity contribution >= 4 is 17.2 Å². The summed E-state index contributed by atoms with van der Waals surface area (Å²) >= 11 is 1.36. The van der Waals surface area contributed by atoms with Crippen LogP contribution in [0.5, 0.6) is 0 Å². The van der Waals surface area contributed by atoms with Crippen molar-refractivity contribution in [2.45, 2.75) is 32.7 Å². The largest absolute Gasteiger partial charge is 0.337 e. The molecular weight excluding hydrogens is 374 g/mol. The SMILES string of the molecule is Cc1nc(C)c(C(=O)N2CCC[C@@H]2c2nc(-c3ccc(F)cc3F)no2)s1. The number of hydrogen-bond donors (Lipinski definition) is 0. The van der Waals surface area contributed by atoms with Gasteiger partial charge in [-0.1, -0.05) is 5.16 Å². The number of thiazole rings is 1. The predicted molar refractivity (Wildman–Crippen MR) is 94.2 cm³/mol. The molecule has 0 unspecified atom stereocenters. The molecule has 2 aromatic heterocycles. The Kier molecular flexibility index (Phi) is 4.47. The molecule has 1 atom stereocenters. The number of nitrogens with zero attached hydrogens (tertiary/aromatic N) is 4. The molecule has 0 saturated carbocycles. The summed E-state index contributed by atoms with van der Waals surface area (Å²) in [6.45, 7) is 4.24. The van der Waals surface area contributed by atoms with E-state index in [1.165, 1.54) is 17.4 Å². The Morgan fingerprint density at radius 3 is 2.81 bits per heavy atom. The van der Waals surface area contributed by atoms with E-state index in [1.807, 2.05) is 13.8 Å². The van der Waals surface area contributed by atoms with Crippen LogP contribution in [-0.4, -0.2) is 32.5 Å². The Morgan fingerprint density at radius 1 is 1.30 bits per heavy atom. The van der Waals surface area contributed by atoms with Gasteiger partial charge in [0.1, 0.15) is 22.6 Å². The van der Waals surface area contributed by atoms with E-state index >= 15 is 0 Å². The molecule has 0 N–H and O–H groups in total. The van der Waals surface area contributed by atoms with Crippen LogP contribution in [0.3, 0.4) is 0 Å². The second kappa shape index (κ2) is 6.80. The first-order valence-electron chi connectivity index (χ1n) is 8.48. The Hall–Kier alpha value is -2.68. The van der Waals surface area contributed by atoms with Gasteiger partial charge in [0.15, 0.2) is 0 Å². The first kappa shape index (κ1) is 17.7. The molecule has 6 nitrogen and oxygen atoms in total. The topological polar surface area (TPSA) is 72.1 Å². The molecule has 0 radical (unpaired) electrons. The summed E-state index contributed by atoms with van der Waals surface area (Å²) in [7, 11) is 0. The average Bonchev–Trinajstić information content (AvgIpc) is 3.33. The van der Waals surface area contributed by atoms with E-state index in [9.17, 15) is 13.6 Å². The molecule has 1 fully saturated rings. The highest BCUT2D eigenvalue weighted by Crippen LogP contribution is 2.34. The summed E-state index contributed by atoms with van der Waals surface area (Å²) in [6, 6.07) is 2.80. The van der Waals surface area contributed by atoms with Crippen LogP contribution in [0.2, 0.25) is 0 Å². The zero-order chi connectivity index (χ0) is 19.1. The van der Waals surface area contributed by atoms with Gasteiger partial charge in [-0.2, -0.15) is 4.98 Å². The standard InChI is InChI=1S/C18H16F2N4O2S/c1-9-15(27-10(2)21-9)18(25)24-7-3-4-14(24)17-22-16(23-26-17)12-6-5-11(19)8-13(12)20/h5-6,8,14H,3-4,7H2,1-2H3/t14-/m1/s1. The average molecular weight is 390 g/mol. The number of amides is 1. The van der Waals surface area contributed by atoms with E-state index in [0.29, 0.717) is 23.5 Å². The monoisotopic (exact) mass is 390 g/mol. The van der Waals surface area contributed by atoms with E-state index in [0.717, 1.165) is 23.6 Å². The number of halogens is 2. The maximum Gasteiger partial charge on any atom is 0.266 e. The molecular formula is C18H16F2N4O2S. The molecule has 0 aliphatic carbocycles. The van der Waals surface area contributed by atoms with Crippen molar-refractivity contribution in [3.05, 3.63) is 51.3 Å². The van der Waals surface area contributed by atoms with E-state index in [2.05, 4.69) is 15.1 Å². The third-order valence-electron chi connectivity index (χ3n) is 4.51. The molecule has 9 heteroatoms. The highest BCUT2D eigenvalue weighted by Gasteiger charge is 2.36. The molecule has 3 aromatic rings. The van der Waals surface area contributed by atoms with Crippen LogP contribution >= 0.6 is 11.3 Å². The Morgan fingerprint density at radius 2 is 2.11 bits per heavy atom. The van der Waals surface area contributed by atoms with Crippen LogP contribution < -0.4 is 0 Å². The van der Waals surface area contributed by atoms with Gasteiger partial charge in [0.2, 0.25) is 11.7 Å². The number of benzene rings is 1. The maximum absolute atomic E-state index is 14.0. The molecule has 27 heavy (non-hydrogen) atoms. The van der Waals surface area contributed by atoms with Crippen LogP contribution in [0.1, 0.15) is 45.1 Å². The Balaban J connectivity index is 1.62. The van der Waals surface area contributed by atoms with Crippen molar-refractivity contribution in [1.82, 2.24) is 20.0 Å². The molecule has 1 aromatic carbocycles. The number of likely N-dealkylation sites (tertiary alicyclic amines) is 1. The molecule has 1 saturated heterocycles. The quantitative estimate of drug-likeness (QED) is 0.674. The molecule has 1 aliphatic rings. The van der Waals surface area contributed by atoms with Gasteiger partial charge in [-0.25, -0.2) is 13.8 Å². The van der Waals surface area contributed by atoms with Gasteiger partial charge in [0.25, 0.3) is 5.91 Å². The van der Waals surface area contributed by atoms with Gasteiger partial charge in [-0.3, -0.25) is 4.79 Å². The normalized spacial score (nSPS) is 16.9. The molecule has 0 bridgehead atoms. The first-order chi connectivity index (χ1) is 12.9. The lowest BCUT2D eigenvalue weighted by atomic mass is 10.2. The van der Waals surface area contributed by atoms with Crippen molar-refractivity contribution in [3.8, 4) is 11.4 Å². The summed E-state index contributed by atoms with van der Waals surface area (Å²) in [4.78, 5) is 23.8. The van der Waals surface area contributed by atoms with E-state index < -0.39 is 11.6 Å². The fraction of sp³-hybridized carbons (Fsp3) is 0.333. The van der Waals surface area contributed by atoms with Crippen LogP contribution in [0.25, 0.3) is 11.4 Å². The number of rotatable bonds is 3. The smallest absolute Gasteiger partial charge is 0.266 e. The fourth-order valence-electron chi connectivity index (χ4n) is 3.28. The minimum atomic E-state index is -0.766. The Labute approximate surface area is 157 Å². The molecule has 1 amide bonds. The highest BCUT2D eigenvalue weighted by molar-refractivity contribution is 7.13. The van der Waals surface area contributed by atoms with Crippen molar-refractivity contribution in [2.24, 2.45) is 0 Å². The lowest BCUT2D eigenvalue weighted by Gasteiger charge is -2.21. The zero-order valence-electron chi connectivity index (χ0n) is 14.7. The van der Waals surface area contributed by atoms with Crippen LogP contribution in [0, 0.1) is 25.5 Å². The minimum Gasteiger partial charge on any atom is -0.337 e. The number of carbonyl (C=O) groups is 1. The van der Waals surface area contributed by atoms with E-state index in [1.54, 1.807) is 4.90 Å². The van der Waals surface area contributed by atoms with E-state index in [4.69, 9.17) is 4.52 Å². The van der Waals surface area contributed by atoms with Crippen molar-refractivity contribution in [1.29, 1.82) is 0 Å². The van der Waals surface area contributed by atoms with Gasteiger partial charge in [0.05, 0.1) is 16.3 Å². The summed E-state index contributed by atoms with van der Waals surface area (Å²) in [5, 5.41) is 4.65. The van der Waals surface area contributed by atoms with Gasteiger partial charge in [-0.15, -0.1) is 11.3 Å². The van der Waals surface area contributed by atoms with Gasteiger partial charge >= 0.3 is 0 Å². The molecule has 1 aliphatic heterocycles. The summed E-state index contributed by atoms with van der Waals surface area (Å²) in [5.74, 6) is -1.28. The van der Waals surface area contributed by atoms with Gasteiger partial charge in [0, 0.05) is 12.6 Å². The predicted octanol–water partition coefficient (Wildman–Crippen LogP) is 4.07. The zero-order valence-corrected chi connectivity index (χ0v) is 15.5. The van der Waals surface area contributed by atoms with Crippen molar-refractivity contribution in [3.63, 3.8) is 0 Å². The van der Waals surface area contributed by atoms with E-state index in [-0.39, 0.29) is 29.2 Å². The summed E-state index contributed by atoms with van der Waals surface area (Å²) in [6.07, 6.45) is 1.48. The maximum atomic E-state index is 14.0. The van der Waals surface area contributed by atoms with Crippen molar-refractivity contribution < 1.29 is 18.1 Å². The molecule has 140 valence electrons. The number of carbonyl (C=O) groups excluding carboxylic acids is 1. The van der Waals surface area contributed by atoms with Crippen LogP contribution in [0.15, 0.2) is 22.7 Å². The molecule has 3 heterocycles. The molecule has 4 rings (SSSR count). The minimum absolute atomic E-state index is 0.0339. The lowest BCUT2D eigenvalue weighted by Crippen LogP contribution is -2.30. The van der Waals surface area contributed by atoms with Crippen molar-refractivity contribution in [2.75, 3.05) is 6.54 Å². The third-order valence-corrected chi connectivity index (χ3v) is 5.57. The number of hydrogen-bond acceptors (Lipinski definition) is 6. The van der Waals surface area contributed by atoms with Crippen LogP contribution in [-0.2, 0) is 0 Å². The second-order valence-corrected chi connectivity index (χ2v) is 7.59. The third kappa shape index (κ3) is 3.23. The van der Waals surface area contributed by atoms with Gasteiger partial charge in [-0.05, 0) is 38.8 Å². The fourth-order valence-corrected chi connectivity index (χ4v) is 4.15. The molecule has 0 spiro atoms. The lowest BCUT2D eigenvalue weighted by molar-refractivity contribution is 0.0714. The summed E-state index contributed by atoms with van der Waals surface area (Å²) < 4.78 is 32.4. The second-order valence-electron chi connectivity index (χ2n) is 6.38. The number of aromatic nitrogens is 3. The summed E-state index contributed by atoms with van der Waals surface area (Å²) in [5.41, 5.74) is 0.754. The Bertz CT molecular complexity index is 1020. The first-order valence-corrected chi connectivity index (χ1v) is 9.29. The van der Waals surface area contributed by atoms with Gasteiger partial charge < -0.3 is 9.42 Å². The highest BCUT2D eigenvalue weighted by atomic mass is 32.1.